The molecular formula is C7H5BrFN3. The summed E-state index contributed by atoms with van der Waals surface area (Å²) in [6, 6.07) is 3.32. The summed E-state index contributed by atoms with van der Waals surface area (Å²) in [5, 5.41) is 0. The van der Waals surface area contributed by atoms with Crippen molar-refractivity contribution in [2.45, 2.75) is 0 Å². The lowest BCUT2D eigenvalue weighted by molar-refractivity contribution is 0.631. The highest BCUT2D eigenvalue weighted by molar-refractivity contribution is 9.10. The summed E-state index contributed by atoms with van der Waals surface area (Å²) in [5.41, 5.74) is 6.23. The number of imidazole rings is 1. The Hall–Kier alpha value is -1.10. The molecule has 0 aliphatic carbocycles. The fourth-order valence-electron chi connectivity index (χ4n) is 1.04. The molecule has 1 heterocycles. The third-order valence-electron chi connectivity index (χ3n) is 1.56. The molecule has 0 spiro atoms. The van der Waals surface area contributed by atoms with Crippen molar-refractivity contribution in [3.05, 3.63) is 22.4 Å². The number of rotatable bonds is 0. The summed E-state index contributed by atoms with van der Waals surface area (Å²) >= 11 is 3.06. The average molecular weight is 230 g/mol. The minimum absolute atomic E-state index is 0.224. The molecule has 0 saturated carbocycles. The first kappa shape index (κ1) is 7.54. The van der Waals surface area contributed by atoms with E-state index in [1.54, 1.807) is 12.1 Å². The van der Waals surface area contributed by atoms with Crippen molar-refractivity contribution < 1.29 is 4.39 Å². The van der Waals surface area contributed by atoms with E-state index in [4.69, 9.17) is 5.73 Å². The minimum atomic E-state index is -0.388. The minimum Gasteiger partial charge on any atom is -0.369 e. The molecule has 2 aromatic rings. The van der Waals surface area contributed by atoms with Crippen molar-refractivity contribution in [2.75, 3.05) is 5.73 Å². The zero-order chi connectivity index (χ0) is 8.72. The number of hydrogen-bond acceptors (Lipinski definition) is 2. The SMILES string of the molecule is Nc1nc2c(F)c(Br)ccc2[nH]1. The van der Waals surface area contributed by atoms with E-state index in [9.17, 15) is 4.39 Å². The largest absolute Gasteiger partial charge is 0.369 e. The number of aromatic nitrogens is 2. The molecule has 0 fully saturated rings. The highest BCUT2D eigenvalue weighted by atomic mass is 79.9. The molecule has 0 unspecified atom stereocenters. The van der Waals surface area contributed by atoms with Crippen molar-refractivity contribution in [3.8, 4) is 0 Å². The molecular weight excluding hydrogens is 225 g/mol. The van der Waals surface area contributed by atoms with E-state index in [0.717, 1.165) is 0 Å². The first-order chi connectivity index (χ1) is 5.68. The number of nitrogens with two attached hydrogens (primary N) is 1. The Kier molecular flexibility index (Phi) is 1.54. The molecule has 0 aliphatic heterocycles. The lowest BCUT2D eigenvalue weighted by Crippen LogP contribution is -1.84. The number of nitrogen functional groups attached to an aromatic ring is 1. The second kappa shape index (κ2) is 2.45. The van der Waals surface area contributed by atoms with Crippen molar-refractivity contribution in [1.29, 1.82) is 0 Å². The number of benzene rings is 1. The van der Waals surface area contributed by atoms with Gasteiger partial charge in [-0.25, -0.2) is 9.37 Å². The van der Waals surface area contributed by atoms with E-state index in [1.165, 1.54) is 0 Å². The van der Waals surface area contributed by atoms with Crippen LogP contribution in [0.1, 0.15) is 0 Å². The van der Waals surface area contributed by atoms with E-state index < -0.39 is 0 Å². The van der Waals surface area contributed by atoms with Crippen LogP contribution >= 0.6 is 15.9 Å². The average Bonchev–Trinajstić information content (AvgIpc) is 2.39. The smallest absolute Gasteiger partial charge is 0.198 e. The Labute approximate surface area is 75.9 Å². The molecule has 62 valence electrons. The molecule has 0 bridgehead atoms. The van der Waals surface area contributed by atoms with Crippen molar-refractivity contribution in [1.82, 2.24) is 9.97 Å². The Morgan fingerprint density at radius 1 is 1.50 bits per heavy atom. The zero-order valence-electron chi connectivity index (χ0n) is 5.94. The first-order valence-electron chi connectivity index (χ1n) is 3.27. The molecule has 5 heteroatoms. The summed E-state index contributed by atoms with van der Waals surface area (Å²) in [5.74, 6) is -0.164. The summed E-state index contributed by atoms with van der Waals surface area (Å²) in [6.45, 7) is 0. The van der Waals surface area contributed by atoms with Gasteiger partial charge in [0.15, 0.2) is 11.8 Å². The maximum Gasteiger partial charge on any atom is 0.198 e. The third-order valence-corrected chi connectivity index (χ3v) is 2.18. The van der Waals surface area contributed by atoms with Crippen LogP contribution in [0.3, 0.4) is 0 Å². The van der Waals surface area contributed by atoms with Crippen molar-refractivity contribution in [2.24, 2.45) is 0 Å². The number of anilines is 1. The molecule has 1 aromatic heterocycles. The van der Waals surface area contributed by atoms with E-state index in [1.807, 2.05) is 0 Å². The number of halogens is 2. The molecule has 0 atom stereocenters. The second-order valence-corrected chi connectivity index (χ2v) is 3.23. The number of H-pyrrole nitrogens is 1. The van der Waals surface area contributed by atoms with Crippen LogP contribution in [-0.2, 0) is 0 Å². The normalized spacial score (nSPS) is 10.8. The van der Waals surface area contributed by atoms with Gasteiger partial charge in [-0.1, -0.05) is 0 Å². The van der Waals surface area contributed by atoms with Crippen LogP contribution in [0.2, 0.25) is 0 Å². The fraction of sp³-hybridized carbons (Fsp3) is 0. The summed E-state index contributed by atoms with van der Waals surface area (Å²) in [6.07, 6.45) is 0. The molecule has 3 nitrogen and oxygen atoms in total. The van der Waals surface area contributed by atoms with Gasteiger partial charge < -0.3 is 10.7 Å². The highest BCUT2D eigenvalue weighted by Crippen LogP contribution is 2.23. The van der Waals surface area contributed by atoms with Crippen LogP contribution in [0.25, 0.3) is 11.0 Å². The molecule has 12 heavy (non-hydrogen) atoms. The predicted molar refractivity (Wildman–Crippen MR) is 48.2 cm³/mol. The van der Waals surface area contributed by atoms with Gasteiger partial charge in [-0.2, -0.15) is 0 Å². The van der Waals surface area contributed by atoms with Crippen LogP contribution in [0, 0.1) is 5.82 Å². The maximum atomic E-state index is 13.2. The lowest BCUT2D eigenvalue weighted by atomic mass is 10.3. The topological polar surface area (TPSA) is 54.7 Å². The standard InChI is InChI=1S/C7H5BrFN3/c8-3-1-2-4-6(5(3)9)12-7(10)11-4/h1-2H,(H3,10,11,12). The second-order valence-electron chi connectivity index (χ2n) is 2.38. The van der Waals surface area contributed by atoms with Gasteiger partial charge in [-0.15, -0.1) is 0 Å². The van der Waals surface area contributed by atoms with Crippen molar-refractivity contribution >= 4 is 32.9 Å². The molecule has 2 rings (SSSR count). The molecule has 3 N–H and O–H groups in total. The highest BCUT2D eigenvalue weighted by Gasteiger charge is 2.08. The maximum absolute atomic E-state index is 13.2. The third kappa shape index (κ3) is 0.972. The molecule has 0 aliphatic rings. The van der Waals surface area contributed by atoms with E-state index in [2.05, 4.69) is 25.9 Å². The Balaban J connectivity index is 2.89. The number of nitrogens with one attached hydrogen (secondary N) is 1. The van der Waals surface area contributed by atoms with Gasteiger partial charge in [0.2, 0.25) is 0 Å². The van der Waals surface area contributed by atoms with E-state index in [-0.39, 0.29) is 17.3 Å². The molecule has 0 saturated heterocycles. The Morgan fingerprint density at radius 2 is 2.25 bits per heavy atom. The number of fused-ring (bicyclic) bond motifs is 1. The van der Waals surface area contributed by atoms with Crippen LogP contribution in [0.4, 0.5) is 10.3 Å². The fourth-order valence-corrected chi connectivity index (χ4v) is 1.36. The van der Waals surface area contributed by atoms with E-state index in [0.29, 0.717) is 9.99 Å². The lowest BCUT2D eigenvalue weighted by Gasteiger charge is -1.92. The summed E-state index contributed by atoms with van der Waals surface area (Å²) < 4.78 is 13.6. The van der Waals surface area contributed by atoms with Crippen LogP contribution in [0.15, 0.2) is 16.6 Å². The number of aromatic amines is 1. The number of nitrogens with zero attached hydrogens (tertiary/aromatic N) is 1. The van der Waals surface area contributed by atoms with Gasteiger partial charge in [0, 0.05) is 0 Å². The van der Waals surface area contributed by atoms with Crippen molar-refractivity contribution in [3.63, 3.8) is 0 Å². The predicted octanol–water partition coefficient (Wildman–Crippen LogP) is 2.05. The van der Waals surface area contributed by atoms with Gasteiger partial charge in [-0.3, -0.25) is 0 Å². The molecule has 0 amide bonds. The summed E-state index contributed by atoms with van der Waals surface area (Å²) in [4.78, 5) is 6.52. The molecule has 1 aromatic carbocycles. The van der Waals surface area contributed by atoms with E-state index >= 15 is 0 Å². The van der Waals surface area contributed by atoms with Gasteiger partial charge >= 0.3 is 0 Å². The quantitative estimate of drug-likeness (QED) is 0.727. The van der Waals surface area contributed by atoms with Gasteiger partial charge in [0.05, 0.1) is 9.99 Å². The first-order valence-corrected chi connectivity index (χ1v) is 4.07. The van der Waals surface area contributed by atoms with Crippen LogP contribution in [-0.4, -0.2) is 9.97 Å². The monoisotopic (exact) mass is 229 g/mol. The van der Waals surface area contributed by atoms with Crippen LogP contribution in [0.5, 0.6) is 0 Å². The van der Waals surface area contributed by atoms with Gasteiger partial charge in [0.1, 0.15) is 5.52 Å². The zero-order valence-corrected chi connectivity index (χ0v) is 7.52. The Bertz CT molecular complexity index is 437. The van der Waals surface area contributed by atoms with Gasteiger partial charge in [0.25, 0.3) is 0 Å². The summed E-state index contributed by atoms with van der Waals surface area (Å²) in [7, 11) is 0. The Morgan fingerprint density at radius 3 is 3.00 bits per heavy atom. The van der Waals surface area contributed by atoms with Gasteiger partial charge in [-0.05, 0) is 28.1 Å². The number of hydrogen-bond donors (Lipinski definition) is 2. The van der Waals surface area contributed by atoms with Crippen LogP contribution < -0.4 is 5.73 Å². The molecule has 0 radical (unpaired) electrons.